The van der Waals surface area contributed by atoms with Gasteiger partial charge in [-0.3, -0.25) is 14.5 Å². The van der Waals surface area contributed by atoms with Gasteiger partial charge in [-0.15, -0.1) is 0 Å². The first-order valence-electron chi connectivity index (χ1n) is 13.5. The lowest BCUT2D eigenvalue weighted by Gasteiger charge is -2.34. The molecule has 1 aromatic rings. The fourth-order valence-electron chi connectivity index (χ4n) is 5.82. The molecule has 212 valence electrons. The second kappa shape index (κ2) is 11.1. The number of amides is 3. The second-order valence-electron chi connectivity index (χ2n) is 11.7. The van der Waals surface area contributed by atoms with E-state index in [1.54, 1.807) is 37.5 Å². The summed E-state index contributed by atoms with van der Waals surface area (Å²) in [4.78, 5) is 45.0. The smallest absolute Gasteiger partial charge is 0.408 e. The number of carbonyl (C=O) groups is 3. The molecule has 1 N–H and O–H groups in total. The van der Waals surface area contributed by atoms with Crippen molar-refractivity contribution in [1.82, 2.24) is 20.0 Å². The summed E-state index contributed by atoms with van der Waals surface area (Å²) >= 11 is 0. The van der Waals surface area contributed by atoms with Gasteiger partial charge in [0.2, 0.25) is 11.8 Å². The summed E-state index contributed by atoms with van der Waals surface area (Å²) in [6, 6.07) is 2.74. The molecule has 0 aromatic heterocycles. The lowest BCUT2D eigenvalue weighted by molar-refractivity contribution is -0.138. The van der Waals surface area contributed by atoms with E-state index in [0.717, 1.165) is 12.5 Å². The van der Waals surface area contributed by atoms with Gasteiger partial charge in [-0.25, -0.2) is 13.6 Å². The van der Waals surface area contributed by atoms with Crippen LogP contribution in [0.5, 0.6) is 0 Å². The topological polar surface area (TPSA) is 106 Å². The van der Waals surface area contributed by atoms with Crippen LogP contribution < -0.4 is 5.32 Å². The minimum absolute atomic E-state index is 0.00344. The first-order valence-corrected chi connectivity index (χ1v) is 13.5. The molecule has 0 radical (unpaired) electrons. The molecule has 3 fully saturated rings. The fraction of sp³-hybridized carbons (Fsp3) is 0.643. The Morgan fingerprint density at radius 1 is 1.23 bits per heavy atom. The quantitative estimate of drug-likeness (QED) is 0.537. The van der Waals surface area contributed by atoms with Crippen molar-refractivity contribution in [2.24, 2.45) is 5.92 Å². The number of likely N-dealkylation sites (tertiary alicyclic amines) is 2. The lowest BCUT2D eigenvalue weighted by Crippen LogP contribution is -2.57. The first-order chi connectivity index (χ1) is 18.3. The number of benzene rings is 1. The van der Waals surface area contributed by atoms with Crippen LogP contribution in [0.2, 0.25) is 0 Å². The Hall–Kier alpha value is -3.26. The van der Waals surface area contributed by atoms with Crippen molar-refractivity contribution in [2.75, 3.05) is 19.6 Å². The average molecular weight is 546 g/mol. The van der Waals surface area contributed by atoms with Crippen LogP contribution in [0.1, 0.15) is 65.5 Å². The molecule has 11 heteroatoms. The van der Waals surface area contributed by atoms with Crippen LogP contribution in [0.3, 0.4) is 0 Å². The molecule has 6 unspecified atom stereocenters. The number of carbonyl (C=O) groups excluding carboxylic acids is 3. The summed E-state index contributed by atoms with van der Waals surface area (Å²) in [6.45, 7) is 9.60. The van der Waals surface area contributed by atoms with Gasteiger partial charge in [0, 0.05) is 25.2 Å². The number of fused-ring (bicyclic) bond motifs is 1. The van der Waals surface area contributed by atoms with Gasteiger partial charge in [-0.1, -0.05) is 6.92 Å². The van der Waals surface area contributed by atoms with Crippen LogP contribution in [-0.4, -0.2) is 82.0 Å². The summed E-state index contributed by atoms with van der Waals surface area (Å²) in [5.74, 6) is -1.68. The zero-order valence-corrected chi connectivity index (χ0v) is 23.1. The predicted octanol–water partition coefficient (Wildman–Crippen LogP) is 3.35. The highest BCUT2D eigenvalue weighted by molar-refractivity contribution is 5.88. The van der Waals surface area contributed by atoms with Gasteiger partial charge in [0.25, 0.3) is 0 Å². The molecule has 2 aliphatic heterocycles. The van der Waals surface area contributed by atoms with E-state index in [0.29, 0.717) is 37.4 Å². The Labute approximate surface area is 228 Å². The van der Waals surface area contributed by atoms with Gasteiger partial charge in [-0.05, 0) is 77.1 Å². The van der Waals surface area contributed by atoms with Crippen molar-refractivity contribution in [1.29, 1.82) is 5.26 Å². The van der Waals surface area contributed by atoms with Gasteiger partial charge in [-0.2, -0.15) is 5.26 Å². The Morgan fingerprint density at radius 3 is 2.49 bits per heavy atom. The zero-order valence-electron chi connectivity index (χ0n) is 23.1. The molecule has 9 nitrogen and oxygen atoms in total. The van der Waals surface area contributed by atoms with E-state index in [1.165, 1.54) is 12.1 Å². The summed E-state index contributed by atoms with van der Waals surface area (Å²) in [5.41, 5.74) is -0.416. The van der Waals surface area contributed by atoms with Crippen molar-refractivity contribution in [3.8, 4) is 6.07 Å². The predicted molar refractivity (Wildman–Crippen MR) is 138 cm³/mol. The highest BCUT2D eigenvalue weighted by Crippen LogP contribution is 2.47. The highest BCUT2D eigenvalue weighted by atomic mass is 19.1. The summed E-state index contributed by atoms with van der Waals surface area (Å²) < 4.78 is 33.0. The minimum atomic E-state index is -1.02. The third-order valence-corrected chi connectivity index (χ3v) is 7.81. The van der Waals surface area contributed by atoms with Gasteiger partial charge in [0.1, 0.15) is 29.3 Å². The van der Waals surface area contributed by atoms with Crippen molar-refractivity contribution >= 4 is 17.9 Å². The lowest BCUT2D eigenvalue weighted by atomic mass is 10.1. The van der Waals surface area contributed by atoms with Crippen LogP contribution >= 0.6 is 0 Å². The molecular weight excluding hydrogens is 508 g/mol. The van der Waals surface area contributed by atoms with Gasteiger partial charge in [0.05, 0.1) is 18.2 Å². The molecular formula is C28H37F2N5O4. The molecule has 2 saturated heterocycles. The number of piperidine rings is 1. The Bertz CT molecular complexity index is 1150. The van der Waals surface area contributed by atoms with Crippen LogP contribution in [0.25, 0.3) is 0 Å². The van der Waals surface area contributed by atoms with Crippen molar-refractivity contribution in [2.45, 2.75) is 89.7 Å². The van der Waals surface area contributed by atoms with Crippen molar-refractivity contribution in [3.63, 3.8) is 0 Å². The average Bonchev–Trinajstić information content (AvgIpc) is 3.35. The van der Waals surface area contributed by atoms with E-state index in [-0.39, 0.29) is 24.4 Å². The number of halogens is 2. The Morgan fingerprint density at radius 2 is 1.90 bits per heavy atom. The number of nitriles is 1. The third kappa shape index (κ3) is 6.32. The van der Waals surface area contributed by atoms with Gasteiger partial charge < -0.3 is 19.9 Å². The molecule has 6 atom stereocenters. The van der Waals surface area contributed by atoms with E-state index < -0.39 is 47.5 Å². The number of likely N-dealkylation sites (N-methyl/N-ethyl adjacent to an activating group) is 1. The van der Waals surface area contributed by atoms with Crippen LogP contribution in [-0.2, 0) is 14.3 Å². The van der Waals surface area contributed by atoms with E-state index in [9.17, 15) is 28.4 Å². The maximum absolute atomic E-state index is 13.8. The molecule has 1 aliphatic carbocycles. The standard InChI is InChI=1S/C28H37F2N5O4/c1-6-33(23-7-8-34(26(23)37)16(2)17-9-19(29)13-20(30)10-17)15-22(32-27(38)39-28(3,4)5)25(36)35-21(14-31)11-18-12-24(18)35/h9-10,13,16,18,21-24H,6-8,11-12,15H2,1-5H3,(H,32,38). The molecule has 1 saturated carbocycles. The maximum atomic E-state index is 13.8. The summed E-state index contributed by atoms with van der Waals surface area (Å²) in [6.07, 6.45) is 1.17. The first kappa shape index (κ1) is 28.7. The summed E-state index contributed by atoms with van der Waals surface area (Å²) in [7, 11) is 0. The Kier molecular flexibility index (Phi) is 8.17. The number of nitrogens with one attached hydrogen (secondary N) is 1. The number of hydrogen-bond donors (Lipinski definition) is 1. The largest absolute Gasteiger partial charge is 0.444 e. The highest BCUT2D eigenvalue weighted by Gasteiger charge is 2.55. The number of nitrogens with zero attached hydrogens (tertiary/aromatic N) is 4. The normalized spacial score (nSPS) is 25.8. The molecule has 0 bridgehead atoms. The van der Waals surface area contributed by atoms with E-state index in [4.69, 9.17) is 4.74 Å². The van der Waals surface area contributed by atoms with E-state index in [2.05, 4.69) is 11.4 Å². The summed E-state index contributed by atoms with van der Waals surface area (Å²) in [5, 5.41) is 12.3. The molecule has 0 spiro atoms. The van der Waals surface area contributed by atoms with Crippen LogP contribution in [0.4, 0.5) is 13.6 Å². The number of rotatable bonds is 8. The van der Waals surface area contributed by atoms with E-state index >= 15 is 0 Å². The Balaban J connectivity index is 1.52. The zero-order chi connectivity index (χ0) is 28.6. The van der Waals surface area contributed by atoms with Gasteiger partial charge in [0.15, 0.2) is 0 Å². The number of alkyl carbamates (subject to hydrolysis) is 1. The molecule has 3 aliphatic rings. The van der Waals surface area contributed by atoms with E-state index in [1.807, 2.05) is 11.8 Å². The number of hydrogen-bond acceptors (Lipinski definition) is 6. The molecule has 3 amide bonds. The minimum Gasteiger partial charge on any atom is -0.444 e. The van der Waals surface area contributed by atoms with Crippen molar-refractivity contribution < 1.29 is 27.9 Å². The molecule has 4 rings (SSSR count). The van der Waals surface area contributed by atoms with Crippen molar-refractivity contribution in [3.05, 3.63) is 35.4 Å². The second-order valence-corrected chi connectivity index (χ2v) is 11.7. The van der Waals surface area contributed by atoms with Crippen LogP contribution in [0.15, 0.2) is 18.2 Å². The monoisotopic (exact) mass is 545 g/mol. The maximum Gasteiger partial charge on any atom is 0.408 e. The number of ether oxygens (including phenoxy) is 1. The molecule has 1 aromatic carbocycles. The fourth-order valence-corrected chi connectivity index (χ4v) is 5.82. The molecule has 39 heavy (non-hydrogen) atoms. The molecule has 2 heterocycles. The van der Waals surface area contributed by atoms with Gasteiger partial charge >= 0.3 is 6.09 Å². The SMILES string of the molecule is CCN(CC(NC(=O)OC(C)(C)C)C(=O)N1C(C#N)CC2CC21)C1CCN(C(C)c2cc(F)cc(F)c2)C1=O. The third-order valence-electron chi connectivity index (χ3n) is 7.81. The van der Waals surface area contributed by atoms with Crippen LogP contribution in [0, 0.1) is 28.9 Å².